The van der Waals surface area contributed by atoms with Crippen LogP contribution in [0.3, 0.4) is 0 Å². The van der Waals surface area contributed by atoms with Crippen LogP contribution in [-0.2, 0) is 11.8 Å². The van der Waals surface area contributed by atoms with Gasteiger partial charge in [0.15, 0.2) is 0 Å². The summed E-state index contributed by atoms with van der Waals surface area (Å²) < 4.78 is 232. The third kappa shape index (κ3) is 4.53. The van der Waals surface area contributed by atoms with Crippen LogP contribution in [0.25, 0.3) is 55.3 Å². The minimum atomic E-state index is -2.34. The van der Waals surface area contributed by atoms with Crippen molar-refractivity contribution >= 4 is 39.0 Å². The number of fused-ring (bicyclic) bond motifs is 15. The molecule has 1 aliphatic heterocycles. The Bertz CT molecular complexity index is 4740. The Labute approximate surface area is 375 Å². The third-order valence-electron chi connectivity index (χ3n) is 11.2. The van der Waals surface area contributed by atoms with Gasteiger partial charge in [-0.1, -0.05) is 139 Å². The second kappa shape index (κ2) is 12.2. The Kier molecular flexibility index (Phi) is 3.53. The van der Waals surface area contributed by atoms with Gasteiger partial charge in [0.25, 0.3) is 0 Å². The topological polar surface area (TPSA) is 25.6 Å². The molecule has 1 atom stereocenters. The number of hydrogen-bond donors (Lipinski definition) is 0. The van der Waals surface area contributed by atoms with E-state index >= 15 is 0 Å². The number of nitrogens with zero attached hydrogens (tertiary/aromatic N) is 1. The molecule has 13 rings (SSSR count). The predicted octanol–water partition coefficient (Wildman–Crippen LogP) is 14.8. The van der Waals surface area contributed by atoms with Gasteiger partial charge in [-0.3, -0.25) is 0 Å². The number of hydrogen-bond acceptors (Lipinski definition) is 3. The van der Waals surface area contributed by atoms with E-state index in [0.29, 0.717) is 0 Å². The van der Waals surface area contributed by atoms with Crippen LogP contribution in [0.2, 0.25) is 0 Å². The van der Waals surface area contributed by atoms with E-state index in [1.807, 2.05) is 0 Å². The van der Waals surface area contributed by atoms with Crippen LogP contribution >= 0.6 is 0 Å². The molecule has 276 valence electrons. The highest BCUT2D eigenvalue weighted by molar-refractivity contribution is 6.13. The Morgan fingerprint density at radius 3 is 2.24 bits per heavy atom. The molecular weight excluding hydrogens is 719 g/mol. The summed E-state index contributed by atoms with van der Waals surface area (Å²) in [5.74, 6) is -0.661. The summed E-state index contributed by atoms with van der Waals surface area (Å²) in [5, 5.41) is 0.122. The summed E-state index contributed by atoms with van der Waals surface area (Å²) in [6.07, 6.45) is -0.184. The molecule has 0 amide bonds. The second-order valence-electron chi connectivity index (χ2n) is 14.1. The smallest absolute Gasteiger partial charge is 0.137 e. The first-order chi connectivity index (χ1) is 39.2. The lowest BCUT2D eigenvalue weighted by atomic mass is 9.66. The molecule has 0 bridgehead atoms. The summed E-state index contributed by atoms with van der Waals surface area (Å²) in [6, 6.07) is -2.81. The number of furan rings is 1. The van der Waals surface area contributed by atoms with Crippen molar-refractivity contribution < 1.29 is 42.1 Å². The first kappa shape index (κ1) is 17.1. The van der Waals surface area contributed by atoms with E-state index in [1.165, 1.54) is 48.5 Å². The lowest BCUT2D eigenvalue weighted by Crippen LogP contribution is -2.32. The van der Waals surface area contributed by atoms with Gasteiger partial charge in [-0.25, -0.2) is 0 Å². The highest BCUT2D eigenvalue weighted by atomic mass is 16.5. The predicted molar refractivity (Wildman–Crippen MR) is 239 cm³/mol. The van der Waals surface area contributed by atoms with Crippen molar-refractivity contribution in [1.29, 1.82) is 0 Å². The largest absolute Gasteiger partial charge is 0.457 e. The zero-order valence-corrected chi connectivity index (χ0v) is 30.2. The summed E-state index contributed by atoms with van der Waals surface area (Å²) >= 11 is 0. The van der Waals surface area contributed by atoms with Crippen molar-refractivity contribution in [1.82, 2.24) is 0 Å². The average Bonchev–Trinajstić information content (AvgIpc) is 1.58. The molecular formula is C56H35NO2. The molecule has 3 aliphatic rings. The molecule has 2 heterocycles. The monoisotopic (exact) mass is 777 g/mol. The molecule has 1 spiro atoms. The lowest BCUT2D eigenvalue weighted by Gasteiger charge is -2.39. The zero-order chi connectivity index (χ0) is 59.5. The average molecular weight is 778 g/mol. The number of ether oxygens (including phenoxy) is 1. The van der Waals surface area contributed by atoms with E-state index in [-0.39, 0.29) is 137 Å². The van der Waals surface area contributed by atoms with Crippen molar-refractivity contribution in [2.75, 3.05) is 4.90 Å². The fraction of sp³-hybridized carbons (Fsp3) is 0.0357. The second-order valence-corrected chi connectivity index (χ2v) is 14.1. The van der Waals surface area contributed by atoms with Crippen LogP contribution in [0.15, 0.2) is 204 Å². The van der Waals surface area contributed by atoms with Crippen LogP contribution in [0.5, 0.6) is 11.5 Å². The Morgan fingerprint density at radius 2 is 1.31 bits per heavy atom. The van der Waals surface area contributed by atoms with Gasteiger partial charge >= 0.3 is 0 Å². The fourth-order valence-electron chi connectivity index (χ4n) is 8.74. The Hall–Kier alpha value is -7.62. The van der Waals surface area contributed by atoms with Crippen LogP contribution in [0, 0.1) is 0 Å². The standard InChI is InChI=1S/C56H35NO2/c1-2-13-41-37(12-1)32-38-33-40(29-30-42(38)41)57(50-20-11-23-54-55(50)45-16-5-9-21-51(45)58-54)39-27-24-35(25-28-39)36-26-31-53-49(34-36)56(48-19-8-10-22-52(48)59-53)46-17-6-3-14-43(46)44-15-4-7-18-47(44)56/h1-31,33-34H,32H2/i1D,2D,3D,4D,6D,7D,8D,9D,10D,11D,12D,14D,15D,17D,19D,20D,21D,22D,24D,25D,27D,28D,30D,33D. The third-order valence-corrected chi connectivity index (χ3v) is 11.2. The number of benzene rings is 9. The molecule has 2 aliphatic carbocycles. The van der Waals surface area contributed by atoms with E-state index in [1.54, 1.807) is 0 Å². The first-order valence-corrected chi connectivity index (χ1v) is 18.4. The van der Waals surface area contributed by atoms with Gasteiger partial charge in [-0.15, -0.1) is 0 Å². The molecule has 0 radical (unpaired) electrons. The quantitative estimate of drug-likeness (QED) is 0.178. The highest BCUT2D eigenvalue weighted by Gasteiger charge is 2.51. The minimum absolute atomic E-state index is 0.00570. The van der Waals surface area contributed by atoms with Gasteiger partial charge in [-0.2, -0.15) is 0 Å². The normalized spacial score (nSPS) is 20.9. The van der Waals surface area contributed by atoms with Gasteiger partial charge < -0.3 is 14.1 Å². The number of rotatable bonds is 4. The van der Waals surface area contributed by atoms with Crippen LogP contribution in [0.1, 0.15) is 66.3 Å². The molecule has 3 nitrogen and oxygen atoms in total. The zero-order valence-electron chi connectivity index (χ0n) is 54.2. The summed E-state index contributed by atoms with van der Waals surface area (Å²) in [4.78, 5) is 1.04. The van der Waals surface area contributed by atoms with Crippen LogP contribution < -0.4 is 9.64 Å². The van der Waals surface area contributed by atoms with Crippen LogP contribution in [0.4, 0.5) is 17.1 Å². The fourth-order valence-corrected chi connectivity index (χ4v) is 8.74. The van der Waals surface area contributed by atoms with E-state index < -0.39 is 137 Å². The molecule has 9 aromatic carbocycles. The maximum Gasteiger partial charge on any atom is 0.137 e. The molecule has 0 saturated heterocycles. The van der Waals surface area contributed by atoms with E-state index in [2.05, 4.69) is 0 Å². The van der Waals surface area contributed by atoms with Crippen molar-refractivity contribution in [3.63, 3.8) is 0 Å². The first-order valence-electron chi connectivity index (χ1n) is 30.4. The SMILES string of the molecule is [2H]c1cc2c(c([2H])c1[2H])Cc1c([2H])c(N(c3c([2H])c([2H])c(-c4ccc5c(c4)C4(c6cc([2H])c([2H])c([2H])c6-c6c([2H])c([2H])c([2H])c([2H])c64)c4c([2H])c([2H])c([2H])c([2H])c4O5)c([2H])c3[2H])c3c([2H])c([2H])cc4oc5c([2H])c([2H])ccc5c34)cc([2H])c1-2. The summed E-state index contributed by atoms with van der Waals surface area (Å²) in [5.41, 5.74) is -5.22. The van der Waals surface area contributed by atoms with Crippen molar-refractivity contribution in [2.24, 2.45) is 0 Å². The molecule has 1 aromatic heterocycles. The highest BCUT2D eigenvalue weighted by Crippen LogP contribution is 2.62. The lowest BCUT2D eigenvalue weighted by molar-refractivity contribution is 0.436. The van der Waals surface area contributed by atoms with Gasteiger partial charge in [0.1, 0.15) is 22.7 Å². The number of para-hydroxylation sites is 2. The maximum atomic E-state index is 9.98. The van der Waals surface area contributed by atoms with Crippen molar-refractivity contribution in [3.8, 4) is 44.9 Å². The van der Waals surface area contributed by atoms with E-state index in [0.717, 1.165) is 11.0 Å². The van der Waals surface area contributed by atoms with Crippen LogP contribution in [-0.4, -0.2) is 0 Å². The molecule has 0 fully saturated rings. The molecule has 10 aromatic rings. The molecule has 0 saturated carbocycles. The maximum absolute atomic E-state index is 9.98. The molecule has 3 heteroatoms. The van der Waals surface area contributed by atoms with E-state index in [4.69, 9.17) is 27.0 Å². The Morgan fingerprint density at radius 1 is 0.492 bits per heavy atom. The summed E-state index contributed by atoms with van der Waals surface area (Å²) in [6.45, 7) is 0. The van der Waals surface area contributed by atoms with Crippen molar-refractivity contribution in [3.05, 3.63) is 233 Å². The minimum Gasteiger partial charge on any atom is -0.457 e. The van der Waals surface area contributed by atoms with Gasteiger partial charge in [0, 0.05) is 27.9 Å². The van der Waals surface area contributed by atoms with Gasteiger partial charge in [-0.05, 0) is 123 Å². The molecule has 0 N–H and O–H groups in total. The molecule has 59 heavy (non-hydrogen) atoms. The van der Waals surface area contributed by atoms with Crippen molar-refractivity contribution in [2.45, 2.75) is 11.8 Å². The van der Waals surface area contributed by atoms with Gasteiger partial charge in [0.05, 0.1) is 49.4 Å². The molecule has 1 unspecified atom stereocenters. The van der Waals surface area contributed by atoms with E-state index in [9.17, 15) is 15.1 Å². The van der Waals surface area contributed by atoms with Gasteiger partial charge in [0.2, 0.25) is 0 Å². The summed E-state index contributed by atoms with van der Waals surface area (Å²) in [7, 11) is 0. The Balaban J connectivity index is 1.12. The number of anilines is 3.